The highest BCUT2D eigenvalue weighted by Crippen LogP contribution is 2.25. The molecule has 7 nitrogen and oxygen atoms in total. The molecule has 0 bridgehead atoms. The number of amides is 1. The SMILES string of the molecule is Cc1cc(-c2cc(N)c(=O)n([C@@H](C)C(=O)NC3CC3)n2)c(C)o1. The van der Waals surface area contributed by atoms with Gasteiger partial charge < -0.3 is 15.5 Å². The predicted molar refractivity (Wildman–Crippen MR) is 86.0 cm³/mol. The van der Waals surface area contributed by atoms with Crippen LogP contribution in [0.4, 0.5) is 5.69 Å². The van der Waals surface area contributed by atoms with Crippen LogP contribution in [0.15, 0.2) is 21.3 Å². The van der Waals surface area contributed by atoms with Gasteiger partial charge in [-0.25, -0.2) is 4.68 Å². The van der Waals surface area contributed by atoms with E-state index in [1.165, 1.54) is 6.07 Å². The number of nitrogens with zero attached hydrogens (tertiary/aromatic N) is 2. The summed E-state index contributed by atoms with van der Waals surface area (Å²) < 4.78 is 6.64. The lowest BCUT2D eigenvalue weighted by atomic mass is 10.1. The molecule has 1 aliphatic rings. The first-order valence-electron chi connectivity index (χ1n) is 7.64. The van der Waals surface area contributed by atoms with E-state index in [1.54, 1.807) is 6.92 Å². The highest BCUT2D eigenvalue weighted by molar-refractivity contribution is 5.80. The Hall–Kier alpha value is -2.57. The van der Waals surface area contributed by atoms with Crippen molar-refractivity contribution >= 4 is 11.6 Å². The third-order valence-electron chi connectivity index (χ3n) is 3.95. The van der Waals surface area contributed by atoms with Crippen molar-refractivity contribution in [1.82, 2.24) is 15.1 Å². The van der Waals surface area contributed by atoms with Gasteiger partial charge in [0.2, 0.25) is 5.91 Å². The molecule has 2 aromatic rings. The maximum absolute atomic E-state index is 12.3. The predicted octanol–water partition coefficient (Wildman–Crippen LogP) is 1.54. The first-order valence-corrected chi connectivity index (χ1v) is 7.64. The number of aryl methyl sites for hydroxylation is 2. The Bertz CT molecular complexity index is 817. The lowest BCUT2D eigenvalue weighted by Crippen LogP contribution is -2.38. The first-order chi connectivity index (χ1) is 10.9. The molecule has 0 spiro atoms. The van der Waals surface area contributed by atoms with Crippen LogP contribution >= 0.6 is 0 Å². The van der Waals surface area contributed by atoms with Crippen LogP contribution in [0, 0.1) is 13.8 Å². The van der Waals surface area contributed by atoms with Gasteiger partial charge in [-0.2, -0.15) is 5.10 Å². The maximum Gasteiger partial charge on any atom is 0.290 e. The van der Waals surface area contributed by atoms with E-state index >= 15 is 0 Å². The Morgan fingerprint density at radius 2 is 2.13 bits per heavy atom. The quantitative estimate of drug-likeness (QED) is 0.890. The van der Waals surface area contributed by atoms with Crippen LogP contribution in [0.2, 0.25) is 0 Å². The third kappa shape index (κ3) is 2.99. The van der Waals surface area contributed by atoms with Gasteiger partial charge in [-0.15, -0.1) is 0 Å². The van der Waals surface area contributed by atoms with Crippen LogP contribution in [0.3, 0.4) is 0 Å². The minimum atomic E-state index is -0.723. The van der Waals surface area contributed by atoms with Crippen LogP contribution in [-0.4, -0.2) is 21.7 Å². The van der Waals surface area contributed by atoms with Crippen molar-refractivity contribution in [2.45, 2.75) is 45.7 Å². The number of furan rings is 1. The number of carbonyl (C=O) groups is 1. The number of aromatic nitrogens is 2. The van der Waals surface area contributed by atoms with E-state index in [1.807, 2.05) is 19.9 Å². The van der Waals surface area contributed by atoms with Gasteiger partial charge >= 0.3 is 0 Å². The smallest absolute Gasteiger partial charge is 0.290 e. The molecular formula is C16H20N4O3. The van der Waals surface area contributed by atoms with E-state index in [9.17, 15) is 9.59 Å². The van der Waals surface area contributed by atoms with Crippen LogP contribution < -0.4 is 16.6 Å². The lowest BCUT2D eigenvalue weighted by Gasteiger charge is -2.15. The van der Waals surface area contributed by atoms with E-state index in [-0.39, 0.29) is 17.6 Å². The fourth-order valence-electron chi connectivity index (χ4n) is 2.47. The molecule has 23 heavy (non-hydrogen) atoms. The Kier molecular flexibility index (Phi) is 3.71. The highest BCUT2D eigenvalue weighted by Gasteiger charge is 2.27. The van der Waals surface area contributed by atoms with Gasteiger partial charge in [0.05, 0.1) is 5.69 Å². The second-order valence-electron chi connectivity index (χ2n) is 6.02. The summed E-state index contributed by atoms with van der Waals surface area (Å²) in [5.41, 5.74) is 6.70. The maximum atomic E-state index is 12.3. The summed E-state index contributed by atoms with van der Waals surface area (Å²) in [7, 11) is 0. The summed E-state index contributed by atoms with van der Waals surface area (Å²) in [5.74, 6) is 1.21. The van der Waals surface area contributed by atoms with Crippen molar-refractivity contribution in [3.63, 3.8) is 0 Å². The monoisotopic (exact) mass is 316 g/mol. The molecule has 0 saturated heterocycles. The molecule has 7 heteroatoms. The summed E-state index contributed by atoms with van der Waals surface area (Å²) in [6, 6.07) is 2.85. The Balaban J connectivity index is 2.01. The molecule has 1 atom stereocenters. The van der Waals surface area contributed by atoms with E-state index in [4.69, 9.17) is 10.2 Å². The van der Waals surface area contributed by atoms with Crippen LogP contribution in [0.1, 0.15) is 37.3 Å². The molecule has 2 aromatic heterocycles. The van der Waals surface area contributed by atoms with Crippen molar-refractivity contribution in [3.05, 3.63) is 34.0 Å². The number of carbonyl (C=O) groups excluding carboxylic acids is 1. The summed E-state index contributed by atoms with van der Waals surface area (Å²) in [6.45, 7) is 5.29. The molecule has 0 unspecified atom stereocenters. The van der Waals surface area contributed by atoms with Crippen molar-refractivity contribution in [2.75, 3.05) is 5.73 Å². The number of nitrogens with one attached hydrogen (secondary N) is 1. The average Bonchev–Trinajstić information content (AvgIpc) is 3.24. The second-order valence-corrected chi connectivity index (χ2v) is 6.02. The third-order valence-corrected chi connectivity index (χ3v) is 3.95. The molecule has 3 rings (SSSR count). The zero-order valence-electron chi connectivity index (χ0n) is 13.4. The molecule has 1 aliphatic carbocycles. The normalized spacial score (nSPS) is 15.4. The molecule has 1 fully saturated rings. The lowest BCUT2D eigenvalue weighted by molar-refractivity contribution is -0.124. The fraction of sp³-hybridized carbons (Fsp3) is 0.438. The number of hydrogen-bond acceptors (Lipinski definition) is 5. The number of nitrogens with two attached hydrogens (primary N) is 1. The fourth-order valence-corrected chi connectivity index (χ4v) is 2.47. The van der Waals surface area contributed by atoms with E-state index in [2.05, 4.69) is 10.4 Å². The Morgan fingerprint density at radius 1 is 1.43 bits per heavy atom. The van der Waals surface area contributed by atoms with E-state index in [0.29, 0.717) is 11.5 Å². The molecule has 3 N–H and O–H groups in total. The van der Waals surface area contributed by atoms with Crippen molar-refractivity contribution in [2.24, 2.45) is 0 Å². The van der Waals surface area contributed by atoms with Crippen molar-refractivity contribution in [1.29, 1.82) is 0 Å². The molecule has 1 saturated carbocycles. The molecule has 122 valence electrons. The van der Waals surface area contributed by atoms with E-state index < -0.39 is 11.6 Å². The molecular weight excluding hydrogens is 296 g/mol. The summed E-state index contributed by atoms with van der Waals surface area (Å²) in [5, 5.41) is 7.21. The largest absolute Gasteiger partial charge is 0.466 e. The standard InChI is InChI=1S/C16H20N4O3/c1-8-6-12(10(3)23-8)14-7-13(17)16(22)20(19-14)9(2)15(21)18-11-4-5-11/h6-7,9,11H,4-5,17H2,1-3H3,(H,18,21)/t9-/m0/s1. The first kappa shape index (κ1) is 15.3. The zero-order valence-corrected chi connectivity index (χ0v) is 13.4. The molecule has 0 radical (unpaired) electrons. The van der Waals surface area contributed by atoms with E-state index in [0.717, 1.165) is 28.8 Å². The second kappa shape index (κ2) is 5.57. The molecule has 1 amide bonds. The highest BCUT2D eigenvalue weighted by atomic mass is 16.3. The van der Waals surface area contributed by atoms with Gasteiger partial charge in [-0.3, -0.25) is 9.59 Å². The minimum absolute atomic E-state index is 0.0549. The number of nitrogen functional groups attached to an aromatic ring is 1. The van der Waals surface area contributed by atoms with Gasteiger partial charge in [-0.1, -0.05) is 0 Å². The number of hydrogen-bond donors (Lipinski definition) is 2. The van der Waals surface area contributed by atoms with Crippen molar-refractivity contribution < 1.29 is 9.21 Å². The zero-order chi connectivity index (χ0) is 16.7. The summed E-state index contributed by atoms with van der Waals surface area (Å²) in [6.07, 6.45) is 1.97. The van der Waals surface area contributed by atoms with Crippen LogP contribution in [-0.2, 0) is 4.79 Å². The molecule has 0 aromatic carbocycles. The van der Waals surface area contributed by atoms with Gasteiger partial charge in [0.15, 0.2) is 0 Å². The summed E-state index contributed by atoms with van der Waals surface area (Å²) in [4.78, 5) is 24.5. The number of anilines is 1. The molecule has 2 heterocycles. The Labute approximate surface area is 133 Å². The van der Waals surface area contributed by atoms with Gasteiger partial charge in [0.1, 0.15) is 23.2 Å². The van der Waals surface area contributed by atoms with Gasteiger partial charge in [0.25, 0.3) is 5.56 Å². The van der Waals surface area contributed by atoms with Gasteiger partial charge in [-0.05, 0) is 45.7 Å². The van der Waals surface area contributed by atoms with Crippen LogP contribution in [0.25, 0.3) is 11.3 Å². The topological polar surface area (TPSA) is 103 Å². The average molecular weight is 316 g/mol. The van der Waals surface area contributed by atoms with Crippen molar-refractivity contribution in [3.8, 4) is 11.3 Å². The Morgan fingerprint density at radius 3 is 2.70 bits per heavy atom. The van der Waals surface area contributed by atoms with Crippen LogP contribution in [0.5, 0.6) is 0 Å². The summed E-state index contributed by atoms with van der Waals surface area (Å²) >= 11 is 0. The minimum Gasteiger partial charge on any atom is -0.466 e. The van der Waals surface area contributed by atoms with Gasteiger partial charge in [0, 0.05) is 11.6 Å². The molecule has 0 aliphatic heterocycles. The number of rotatable bonds is 4.